The first-order chi connectivity index (χ1) is 6.47. The van der Waals surface area contributed by atoms with Gasteiger partial charge in [0.1, 0.15) is 0 Å². The van der Waals surface area contributed by atoms with E-state index in [0.29, 0.717) is 5.92 Å². The van der Waals surface area contributed by atoms with E-state index in [1.807, 2.05) is 0 Å². The second kappa shape index (κ2) is 6.14. The third-order valence-corrected chi connectivity index (χ3v) is 2.68. The van der Waals surface area contributed by atoms with Crippen molar-refractivity contribution in [3.63, 3.8) is 0 Å². The molecule has 0 radical (unpaired) electrons. The molecule has 0 amide bonds. The van der Waals surface area contributed by atoms with E-state index in [1.54, 1.807) is 5.57 Å². The summed E-state index contributed by atoms with van der Waals surface area (Å²) < 4.78 is 0. The summed E-state index contributed by atoms with van der Waals surface area (Å²) in [5.74, 6) is 0.603. The molecule has 0 aliphatic heterocycles. The fraction of sp³-hybridized carbons (Fsp3) is 0.385. The van der Waals surface area contributed by atoms with E-state index in [4.69, 9.17) is 0 Å². The summed E-state index contributed by atoms with van der Waals surface area (Å²) in [7, 11) is 0. The summed E-state index contributed by atoms with van der Waals surface area (Å²) >= 11 is 0. The Hall–Kier alpha value is -0.417. The topological polar surface area (TPSA) is 0 Å². The van der Waals surface area contributed by atoms with Crippen molar-refractivity contribution in [3.8, 4) is 0 Å². The van der Waals surface area contributed by atoms with Gasteiger partial charge >= 0.3 is 0 Å². The average molecular weight is 273 g/mol. The van der Waals surface area contributed by atoms with Crippen molar-refractivity contribution in [2.75, 3.05) is 0 Å². The maximum atomic E-state index is 2.42. The van der Waals surface area contributed by atoms with Crippen molar-refractivity contribution in [2.45, 2.75) is 25.7 Å². The molecule has 0 heterocycles. The molecule has 0 bridgehead atoms. The van der Waals surface area contributed by atoms with Crippen LogP contribution in [0, 0.1) is 5.92 Å². The second-order valence-electron chi connectivity index (χ2n) is 3.66. The molecule has 1 heteroatoms. The van der Waals surface area contributed by atoms with Crippen molar-refractivity contribution in [1.82, 2.24) is 0 Å². The first-order valence-corrected chi connectivity index (χ1v) is 5.16. The van der Waals surface area contributed by atoms with E-state index < -0.39 is 0 Å². The van der Waals surface area contributed by atoms with Gasteiger partial charge in [-0.1, -0.05) is 48.1 Å². The Bertz CT molecular complexity index is 270. The van der Waals surface area contributed by atoms with Gasteiger partial charge in [0.15, 0.2) is 0 Å². The van der Waals surface area contributed by atoms with E-state index in [9.17, 15) is 0 Å². The molecule has 0 saturated heterocycles. The fourth-order valence-corrected chi connectivity index (χ4v) is 1.93. The Morgan fingerprint density at radius 1 is 0.929 bits per heavy atom. The molecule has 2 aliphatic rings. The minimum absolute atomic E-state index is 0. The zero-order valence-electron chi connectivity index (χ0n) is 8.30. The van der Waals surface area contributed by atoms with Crippen LogP contribution in [0.2, 0.25) is 0 Å². The third kappa shape index (κ3) is 3.06. The molecule has 0 atom stereocenters. The fourth-order valence-electron chi connectivity index (χ4n) is 1.93. The Morgan fingerprint density at radius 3 is 2.43 bits per heavy atom. The minimum Gasteiger partial charge on any atom is -0.0882 e. The first kappa shape index (κ1) is 11.7. The average Bonchev–Trinajstić information content (AvgIpc) is 2.55. The monoisotopic (exact) mass is 274 g/mol. The molecular weight excluding hydrogens is 257 g/mol. The van der Waals surface area contributed by atoms with Gasteiger partial charge in [-0.05, 0) is 25.7 Å². The van der Waals surface area contributed by atoms with Crippen LogP contribution in [0.5, 0.6) is 0 Å². The van der Waals surface area contributed by atoms with E-state index in [-0.39, 0.29) is 19.5 Å². The summed E-state index contributed by atoms with van der Waals surface area (Å²) in [5, 5.41) is 0. The van der Waals surface area contributed by atoms with Crippen LogP contribution in [0.25, 0.3) is 0 Å². The van der Waals surface area contributed by atoms with Gasteiger partial charge in [0.25, 0.3) is 0 Å². The van der Waals surface area contributed by atoms with Crippen LogP contribution in [0.15, 0.2) is 48.1 Å². The Labute approximate surface area is 99.2 Å². The maximum absolute atomic E-state index is 2.42. The van der Waals surface area contributed by atoms with Crippen LogP contribution < -0.4 is 0 Å². The third-order valence-electron chi connectivity index (χ3n) is 2.68. The summed E-state index contributed by atoms with van der Waals surface area (Å²) in [6.45, 7) is 0. The molecule has 0 N–H and O–H groups in total. The van der Waals surface area contributed by atoms with E-state index in [2.05, 4.69) is 42.5 Å². The van der Waals surface area contributed by atoms with E-state index in [1.165, 1.54) is 25.7 Å². The molecule has 0 saturated carbocycles. The summed E-state index contributed by atoms with van der Waals surface area (Å²) in [5.41, 5.74) is 1.61. The normalized spacial score (nSPS) is 21.3. The molecule has 0 nitrogen and oxygen atoms in total. The van der Waals surface area contributed by atoms with Crippen LogP contribution >= 0.6 is 0 Å². The van der Waals surface area contributed by atoms with E-state index in [0.717, 1.165) is 0 Å². The maximum Gasteiger partial charge on any atom is 0.0163 e. The summed E-state index contributed by atoms with van der Waals surface area (Å²) in [4.78, 5) is 0. The number of allylic oxidation sites excluding steroid dienone is 8. The standard InChI is InChI=1S/C13H16.Ru/c1-2-4-8-12(9-5-3-1)13-10-6-7-11-13;/h1-2,6-7,9-11,13H,3-5,8H2;. The van der Waals surface area contributed by atoms with Crippen LogP contribution in [0.4, 0.5) is 0 Å². The van der Waals surface area contributed by atoms with Crippen molar-refractivity contribution in [3.05, 3.63) is 48.1 Å². The molecule has 0 aromatic rings. The molecule has 0 fully saturated rings. The molecule has 0 spiro atoms. The van der Waals surface area contributed by atoms with Gasteiger partial charge in [0.05, 0.1) is 0 Å². The van der Waals surface area contributed by atoms with Crippen LogP contribution in [-0.4, -0.2) is 0 Å². The Balaban J connectivity index is 0.000000980. The van der Waals surface area contributed by atoms with Crippen LogP contribution in [0.1, 0.15) is 25.7 Å². The van der Waals surface area contributed by atoms with Gasteiger partial charge in [0.2, 0.25) is 0 Å². The molecule has 0 aromatic heterocycles. The summed E-state index contributed by atoms with van der Waals surface area (Å²) in [6, 6.07) is 0. The molecule has 0 aromatic carbocycles. The number of hydrogen-bond acceptors (Lipinski definition) is 0. The van der Waals surface area contributed by atoms with E-state index >= 15 is 0 Å². The van der Waals surface area contributed by atoms with Crippen molar-refractivity contribution >= 4 is 0 Å². The van der Waals surface area contributed by atoms with Gasteiger partial charge < -0.3 is 0 Å². The van der Waals surface area contributed by atoms with Gasteiger partial charge in [-0.2, -0.15) is 0 Å². The first-order valence-electron chi connectivity index (χ1n) is 5.16. The zero-order chi connectivity index (χ0) is 8.93. The van der Waals surface area contributed by atoms with Crippen LogP contribution in [0.3, 0.4) is 0 Å². The predicted octanol–water partition coefficient (Wildman–Crippen LogP) is 3.78. The molecule has 2 aliphatic carbocycles. The van der Waals surface area contributed by atoms with Gasteiger partial charge in [-0.25, -0.2) is 0 Å². The quantitative estimate of drug-likeness (QED) is 0.504. The molecule has 76 valence electrons. The Kier molecular flexibility index (Phi) is 5.11. The van der Waals surface area contributed by atoms with Crippen molar-refractivity contribution in [2.24, 2.45) is 5.92 Å². The van der Waals surface area contributed by atoms with Gasteiger partial charge in [0, 0.05) is 25.4 Å². The summed E-state index contributed by atoms with van der Waals surface area (Å²) in [6.07, 6.45) is 20.8. The zero-order valence-corrected chi connectivity index (χ0v) is 10.0. The number of rotatable bonds is 1. The molecule has 14 heavy (non-hydrogen) atoms. The second-order valence-corrected chi connectivity index (χ2v) is 3.66. The molecule has 0 unspecified atom stereocenters. The predicted molar refractivity (Wildman–Crippen MR) is 57.5 cm³/mol. The number of hydrogen-bond donors (Lipinski definition) is 0. The minimum atomic E-state index is 0. The SMILES string of the molecule is C1=CC(C2=CCCC=CCC2)C=C1.[Ru]. The van der Waals surface area contributed by atoms with Crippen LogP contribution in [-0.2, 0) is 19.5 Å². The van der Waals surface area contributed by atoms with Gasteiger partial charge in [-0.3, -0.25) is 0 Å². The van der Waals surface area contributed by atoms with Crippen molar-refractivity contribution < 1.29 is 19.5 Å². The Morgan fingerprint density at radius 2 is 1.64 bits per heavy atom. The molecule has 2 rings (SSSR count). The molecular formula is C13H16Ru. The van der Waals surface area contributed by atoms with Gasteiger partial charge in [-0.15, -0.1) is 0 Å². The largest absolute Gasteiger partial charge is 0.0882 e. The smallest absolute Gasteiger partial charge is 0.0163 e. The van der Waals surface area contributed by atoms with Crippen molar-refractivity contribution in [1.29, 1.82) is 0 Å².